The van der Waals surface area contributed by atoms with Crippen molar-refractivity contribution < 1.29 is 23.8 Å². The first-order chi connectivity index (χ1) is 12.1. The fraction of sp³-hybridized carbons (Fsp3) is 0.444. The molecule has 2 fully saturated rings. The fourth-order valence-electron chi connectivity index (χ4n) is 3.09. The van der Waals surface area contributed by atoms with E-state index >= 15 is 0 Å². The molecule has 2 aliphatic rings. The maximum Gasteiger partial charge on any atom is 0.319 e. The van der Waals surface area contributed by atoms with Crippen LogP contribution in [-0.4, -0.2) is 38.4 Å². The van der Waals surface area contributed by atoms with Gasteiger partial charge in [-0.2, -0.15) is 0 Å². The summed E-state index contributed by atoms with van der Waals surface area (Å²) < 4.78 is 16.0. The SMILES string of the molecule is C=C1NC(=O)NC(c2ccc(OC)cc2)C1C(=O)OCC1CCCO1. The van der Waals surface area contributed by atoms with Crippen molar-refractivity contribution in [2.24, 2.45) is 5.92 Å². The lowest BCUT2D eigenvalue weighted by Gasteiger charge is -2.33. The van der Waals surface area contributed by atoms with Crippen molar-refractivity contribution >= 4 is 12.0 Å². The summed E-state index contributed by atoms with van der Waals surface area (Å²) in [6, 6.07) is 6.23. The quantitative estimate of drug-likeness (QED) is 0.796. The standard InChI is InChI=1S/C18H22N2O5/c1-11-15(17(21)25-10-14-4-3-9-24-14)16(20-18(22)19-11)12-5-7-13(23-2)8-6-12/h5-8,14-16H,1,3-4,9-10H2,2H3,(H2,19,20,22). The molecule has 25 heavy (non-hydrogen) atoms. The number of amides is 2. The molecule has 0 aromatic heterocycles. The molecule has 2 heterocycles. The van der Waals surface area contributed by atoms with Gasteiger partial charge in [0.15, 0.2) is 0 Å². The molecule has 1 aromatic carbocycles. The summed E-state index contributed by atoms with van der Waals surface area (Å²) in [5, 5.41) is 5.33. The van der Waals surface area contributed by atoms with Gasteiger partial charge in [0, 0.05) is 12.3 Å². The second kappa shape index (κ2) is 7.57. The summed E-state index contributed by atoms with van der Waals surface area (Å²) in [4.78, 5) is 24.5. The highest BCUT2D eigenvalue weighted by atomic mass is 16.6. The Kier molecular flexibility index (Phi) is 5.23. The molecule has 7 heteroatoms. The molecule has 3 unspecified atom stereocenters. The van der Waals surface area contributed by atoms with Crippen molar-refractivity contribution in [2.75, 3.05) is 20.3 Å². The van der Waals surface area contributed by atoms with Gasteiger partial charge in [0.2, 0.25) is 0 Å². The smallest absolute Gasteiger partial charge is 0.319 e. The van der Waals surface area contributed by atoms with Crippen molar-refractivity contribution in [2.45, 2.75) is 25.0 Å². The van der Waals surface area contributed by atoms with Crippen LogP contribution in [0.3, 0.4) is 0 Å². The van der Waals surface area contributed by atoms with E-state index in [1.165, 1.54) is 0 Å². The molecule has 0 spiro atoms. The Morgan fingerprint density at radius 1 is 1.36 bits per heavy atom. The normalized spacial score (nSPS) is 25.9. The number of hydrogen-bond acceptors (Lipinski definition) is 5. The van der Waals surface area contributed by atoms with Crippen LogP contribution >= 0.6 is 0 Å². The van der Waals surface area contributed by atoms with E-state index in [-0.39, 0.29) is 12.7 Å². The summed E-state index contributed by atoms with van der Waals surface area (Å²) in [6.07, 6.45) is 1.81. The van der Waals surface area contributed by atoms with Crippen LogP contribution in [0.2, 0.25) is 0 Å². The summed E-state index contributed by atoms with van der Waals surface area (Å²) in [7, 11) is 1.58. The second-order valence-corrected chi connectivity index (χ2v) is 6.12. The third-order valence-electron chi connectivity index (χ3n) is 4.43. The first kappa shape index (κ1) is 17.3. The monoisotopic (exact) mass is 346 g/mol. The van der Waals surface area contributed by atoms with Crippen LogP contribution in [0.4, 0.5) is 4.79 Å². The van der Waals surface area contributed by atoms with Crippen molar-refractivity contribution in [3.8, 4) is 5.75 Å². The molecule has 2 N–H and O–H groups in total. The maximum absolute atomic E-state index is 12.6. The van der Waals surface area contributed by atoms with Gasteiger partial charge in [0.1, 0.15) is 18.3 Å². The lowest BCUT2D eigenvalue weighted by atomic mass is 9.89. The van der Waals surface area contributed by atoms with Gasteiger partial charge in [-0.1, -0.05) is 18.7 Å². The van der Waals surface area contributed by atoms with Crippen LogP contribution in [-0.2, 0) is 14.3 Å². The van der Waals surface area contributed by atoms with Gasteiger partial charge in [0.25, 0.3) is 0 Å². The number of hydrogen-bond donors (Lipinski definition) is 2. The zero-order valence-electron chi connectivity index (χ0n) is 14.1. The highest BCUT2D eigenvalue weighted by Gasteiger charge is 2.39. The van der Waals surface area contributed by atoms with E-state index in [2.05, 4.69) is 17.2 Å². The van der Waals surface area contributed by atoms with Crippen molar-refractivity contribution in [1.29, 1.82) is 0 Å². The molecular weight excluding hydrogens is 324 g/mol. The first-order valence-electron chi connectivity index (χ1n) is 8.27. The molecule has 3 atom stereocenters. The highest BCUT2D eigenvalue weighted by molar-refractivity contribution is 5.85. The number of rotatable bonds is 5. The van der Waals surface area contributed by atoms with E-state index < -0.39 is 24.0 Å². The van der Waals surface area contributed by atoms with E-state index in [9.17, 15) is 9.59 Å². The third-order valence-corrected chi connectivity index (χ3v) is 4.43. The van der Waals surface area contributed by atoms with Gasteiger partial charge in [0.05, 0.1) is 19.3 Å². The van der Waals surface area contributed by atoms with Gasteiger partial charge in [-0.25, -0.2) is 4.79 Å². The third kappa shape index (κ3) is 3.93. The average Bonchev–Trinajstić information content (AvgIpc) is 3.12. The molecule has 0 aliphatic carbocycles. The lowest BCUT2D eigenvalue weighted by molar-refractivity contribution is -0.151. The Labute approximate surface area is 146 Å². The molecule has 2 aliphatic heterocycles. The number of carbonyl (C=O) groups is 2. The molecule has 3 rings (SSSR count). The number of ether oxygens (including phenoxy) is 3. The average molecular weight is 346 g/mol. The van der Waals surface area contributed by atoms with E-state index in [4.69, 9.17) is 14.2 Å². The van der Waals surface area contributed by atoms with Gasteiger partial charge in [-0.15, -0.1) is 0 Å². The minimum absolute atomic E-state index is 0.0530. The highest BCUT2D eigenvalue weighted by Crippen LogP contribution is 2.31. The molecule has 7 nitrogen and oxygen atoms in total. The molecular formula is C18H22N2O5. The molecule has 0 saturated carbocycles. The lowest BCUT2D eigenvalue weighted by Crippen LogP contribution is -2.51. The van der Waals surface area contributed by atoms with Crippen molar-refractivity contribution in [3.63, 3.8) is 0 Å². The van der Waals surface area contributed by atoms with Crippen LogP contribution in [0.5, 0.6) is 5.75 Å². The maximum atomic E-state index is 12.6. The van der Waals surface area contributed by atoms with Crippen LogP contribution in [0, 0.1) is 5.92 Å². The summed E-state index contributed by atoms with van der Waals surface area (Å²) in [5.41, 5.74) is 1.10. The van der Waals surface area contributed by atoms with Crippen molar-refractivity contribution in [1.82, 2.24) is 10.6 Å². The number of methoxy groups -OCH3 is 1. The van der Waals surface area contributed by atoms with E-state index in [0.717, 1.165) is 18.4 Å². The Morgan fingerprint density at radius 3 is 2.76 bits per heavy atom. The minimum atomic E-state index is -0.715. The Morgan fingerprint density at radius 2 is 2.12 bits per heavy atom. The number of carbonyl (C=O) groups excluding carboxylic acids is 2. The predicted molar refractivity (Wildman–Crippen MR) is 90.0 cm³/mol. The van der Waals surface area contributed by atoms with Crippen LogP contribution in [0.15, 0.2) is 36.5 Å². The zero-order chi connectivity index (χ0) is 17.8. The van der Waals surface area contributed by atoms with E-state index in [1.807, 2.05) is 12.1 Å². The Hall–Kier alpha value is -2.54. The minimum Gasteiger partial charge on any atom is -0.497 e. The number of nitrogens with one attached hydrogen (secondary N) is 2. The van der Waals surface area contributed by atoms with Crippen LogP contribution < -0.4 is 15.4 Å². The first-order valence-corrected chi connectivity index (χ1v) is 8.27. The summed E-state index contributed by atoms with van der Waals surface area (Å²) in [5.74, 6) is -0.457. The Bertz CT molecular complexity index is 652. The van der Waals surface area contributed by atoms with Crippen LogP contribution in [0.25, 0.3) is 0 Å². The summed E-state index contributed by atoms with van der Waals surface area (Å²) in [6.45, 7) is 4.74. The number of urea groups is 1. The van der Waals surface area contributed by atoms with Crippen LogP contribution in [0.1, 0.15) is 24.4 Å². The Balaban J connectivity index is 1.75. The summed E-state index contributed by atoms with van der Waals surface area (Å²) >= 11 is 0. The van der Waals surface area contributed by atoms with Gasteiger partial charge >= 0.3 is 12.0 Å². The molecule has 2 amide bonds. The topological polar surface area (TPSA) is 85.9 Å². The number of benzene rings is 1. The van der Waals surface area contributed by atoms with Gasteiger partial charge < -0.3 is 24.8 Å². The zero-order valence-corrected chi connectivity index (χ0v) is 14.1. The number of esters is 1. The predicted octanol–water partition coefficient (Wildman–Crippen LogP) is 1.90. The fourth-order valence-corrected chi connectivity index (χ4v) is 3.09. The molecule has 134 valence electrons. The van der Waals surface area contributed by atoms with Crippen molar-refractivity contribution in [3.05, 3.63) is 42.1 Å². The molecule has 1 aromatic rings. The van der Waals surface area contributed by atoms with Gasteiger partial charge in [-0.05, 0) is 30.5 Å². The molecule has 0 bridgehead atoms. The molecule has 2 saturated heterocycles. The van der Waals surface area contributed by atoms with E-state index in [0.29, 0.717) is 18.1 Å². The van der Waals surface area contributed by atoms with E-state index in [1.54, 1.807) is 19.2 Å². The molecule has 0 radical (unpaired) electrons. The second-order valence-electron chi connectivity index (χ2n) is 6.12. The largest absolute Gasteiger partial charge is 0.497 e. The van der Waals surface area contributed by atoms with Gasteiger partial charge in [-0.3, -0.25) is 4.79 Å².